The van der Waals surface area contributed by atoms with Gasteiger partial charge in [0, 0.05) is 37.4 Å². The number of aliphatic hydroxyl groups is 1. The van der Waals surface area contributed by atoms with E-state index in [0.29, 0.717) is 4.88 Å². The van der Waals surface area contributed by atoms with E-state index in [9.17, 15) is 9.90 Å². The van der Waals surface area contributed by atoms with Crippen LogP contribution in [0.3, 0.4) is 0 Å². The van der Waals surface area contributed by atoms with Gasteiger partial charge in [-0.3, -0.25) is 0 Å². The number of thiophene rings is 4. The molecule has 0 aliphatic heterocycles. The van der Waals surface area contributed by atoms with Gasteiger partial charge in [-0.2, -0.15) is 0 Å². The monoisotopic (exact) mass is 422 g/mol. The van der Waals surface area contributed by atoms with Gasteiger partial charge in [0.2, 0.25) is 0 Å². The lowest BCUT2D eigenvalue weighted by atomic mass is 10.2. The zero-order valence-corrected chi connectivity index (χ0v) is 17.1. The molecule has 1 N–H and O–H groups in total. The van der Waals surface area contributed by atoms with Crippen LogP contribution in [0, 0.1) is 0 Å². The predicted molar refractivity (Wildman–Crippen MR) is 110 cm³/mol. The highest BCUT2D eigenvalue weighted by molar-refractivity contribution is 7.31. The SMILES string of the molecule is COC(=O)c1sccc1-c1cc2sc(-c3ccsc3C(O)OC)cc2s1. The number of aliphatic hydroxyl groups excluding tert-OH is 1. The second kappa shape index (κ2) is 7.22. The van der Waals surface area contributed by atoms with Gasteiger partial charge < -0.3 is 14.6 Å². The maximum atomic E-state index is 11.9. The molecule has 0 saturated heterocycles. The zero-order valence-electron chi connectivity index (χ0n) is 13.8. The fourth-order valence-corrected chi connectivity index (χ4v) is 6.97. The summed E-state index contributed by atoms with van der Waals surface area (Å²) in [5.74, 6) is -0.302. The highest BCUT2D eigenvalue weighted by Crippen LogP contribution is 2.45. The topological polar surface area (TPSA) is 55.8 Å². The standard InChI is InChI=1S/C18H14O4S4/c1-21-17(19)15-9(3-5-23-15)11-7-13-14(25-11)8-12(26-13)10-4-6-24-16(10)18(20)22-2/h3-8,17,19H,1-2H3. The van der Waals surface area contributed by atoms with Crippen molar-refractivity contribution in [2.75, 3.05) is 14.2 Å². The summed E-state index contributed by atoms with van der Waals surface area (Å²) in [6.45, 7) is 0. The Hall–Kier alpha value is -1.55. The number of hydrogen-bond donors (Lipinski definition) is 1. The minimum absolute atomic E-state index is 0.302. The van der Waals surface area contributed by atoms with Gasteiger partial charge in [-0.1, -0.05) is 0 Å². The van der Waals surface area contributed by atoms with Gasteiger partial charge in [0.05, 0.1) is 12.0 Å². The summed E-state index contributed by atoms with van der Waals surface area (Å²) >= 11 is 6.20. The van der Waals surface area contributed by atoms with Crippen molar-refractivity contribution in [3.05, 3.63) is 44.8 Å². The fourth-order valence-electron chi connectivity index (χ4n) is 2.68. The Balaban J connectivity index is 1.72. The van der Waals surface area contributed by atoms with E-state index in [2.05, 4.69) is 12.1 Å². The van der Waals surface area contributed by atoms with Crippen molar-refractivity contribution in [3.8, 4) is 20.9 Å². The van der Waals surface area contributed by atoms with Gasteiger partial charge in [0.25, 0.3) is 0 Å². The van der Waals surface area contributed by atoms with Crippen molar-refractivity contribution >= 4 is 60.7 Å². The molecule has 0 bridgehead atoms. The molecule has 0 radical (unpaired) electrons. The molecule has 0 aromatic carbocycles. The first-order chi connectivity index (χ1) is 12.6. The van der Waals surface area contributed by atoms with Crippen molar-refractivity contribution < 1.29 is 19.4 Å². The minimum atomic E-state index is -0.908. The lowest BCUT2D eigenvalue weighted by molar-refractivity contribution is -0.0739. The van der Waals surface area contributed by atoms with Crippen molar-refractivity contribution in [1.29, 1.82) is 0 Å². The molecule has 0 saturated carbocycles. The normalized spacial score (nSPS) is 12.6. The second-order valence-corrected chi connectivity index (χ2v) is 9.42. The van der Waals surface area contributed by atoms with Crippen molar-refractivity contribution in [1.82, 2.24) is 0 Å². The number of carbonyl (C=O) groups excluding carboxylic acids is 1. The first-order valence-electron chi connectivity index (χ1n) is 7.60. The number of hydrogen-bond acceptors (Lipinski definition) is 8. The third-order valence-corrected chi connectivity index (χ3v) is 8.12. The molecule has 0 aliphatic carbocycles. The fraction of sp³-hybridized carbons (Fsp3) is 0.167. The summed E-state index contributed by atoms with van der Waals surface area (Å²) in [6, 6.07) is 8.21. The van der Waals surface area contributed by atoms with Gasteiger partial charge in [-0.05, 0) is 35.0 Å². The van der Waals surface area contributed by atoms with E-state index in [4.69, 9.17) is 9.47 Å². The van der Waals surface area contributed by atoms with E-state index in [1.807, 2.05) is 22.9 Å². The lowest BCUT2D eigenvalue weighted by Gasteiger charge is -2.07. The van der Waals surface area contributed by atoms with Crippen LogP contribution >= 0.6 is 45.3 Å². The summed E-state index contributed by atoms with van der Waals surface area (Å²) in [7, 11) is 2.89. The Labute approximate surface area is 165 Å². The van der Waals surface area contributed by atoms with Gasteiger partial charge in [0.15, 0.2) is 6.29 Å². The molecule has 8 heteroatoms. The molecule has 134 valence electrons. The van der Waals surface area contributed by atoms with Crippen LogP contribution in [0.4, 0.5) is 0 Å². The van der Waals surface area contributed by atoms with E-state index < -0.39 is 6.29 Å². The van der Waals surface area contributed by atoms with E-state index in [0.717, 1.165) is 35.2 Å². The molecule has 4 nitrogen and oxygen atoms in total. The Morgan fingerprint density at radius 1 is 1.00 bits per heavy atom. The molecule has 4 rings (SSSR count). The average Bonchev–Trinajstić information content (AvgIpc) is 3.40. The van der Waals surface area contributed by atoms with Gasteiger partial charge in [0.1, 0.15) is 4.88 Å². The Bertz CT molecular complexity index is 1040. The lowest BCUT2D eigenvalue weighted by Crippen LogP contribution is -1.99. The number of ether oxygens (including phenoxy) is 2. The van der Waals surface area contributed by atoms with Crippen LogP contribution in [0.25, 0.3) is 30.3 Å². The van der Waals surface area contributed by atoms with Crippen LogP contribution in [0.1, 0.15) is 20.8 Å². The van der Waals surface area contributed by atoms with Crippen molar-refractivity contribution in [2.45, 2.75) is 6.29 Å². The smallest absolute Gasteiger partial charge is 0.348 e. The Kier molecular flexibility index (Phi) is 4.96. The first kappa shape index (κ1) is 17.8. The molecule has 4 heterocycles. The third-order valence-electron chi connectivity index (χ3n) is 3.92. The largest absolute Gasteiger partial charge is 0.465 e. The maximum Gasteiger partial charge on any atom is 0.348 e. The molecule has 4 aromatic heterocycles. The summed E-state index contributed by atoms with van der Waals surface area (Å²) in [6.07, 6.45) is -0.908. The number of rotatable bonds is 5. The molecule has 4 aromatic rings. The average molecular weight is 423 g/mol. The molecule has 0 amide bonds. The molecule has 0 spiro atoms. The van der Waals surface area contributed by atoms with Crippen LogP contribution in [0.5, 0.6) is 0 Å². The number of carbonyl (C=O) groups is 1. The zero-order chi connectivity index (χ0) is 18.3. The van der Waals surface area contributed by atoms with E-state index in [1.54, 1.807) is 22.7 Å². The summed E-state index contributed by atoms with van der Waals surface area (Å²) in [5.41, 5.74) is 1.92. The number of methoxy groups -OCH3 is 2. The first-order valence-corrected chi connectivity index (χ1v) is 11.0. The van der Waals surface area contributed by atoms with Gasteiger partial charge in [-0.25, -0.2) is 4.79 Å². The molecule has 26 heavy (non-hydrogen) atoms. The van der Waals surface area contributed by atoms with E-state index in [-0.39, 0.29) is 5.97 Å². The maximum absolute atomic E-state index is 11.9. The number of esters is 1. The van der Waals surface area contributed by atoms with Gasteiger partial charge in [-0.15, -0.1) is 45.3 Å². The van der Waals surface area contributed by atoms with Crippen LogP contribution in [0.15, 0.2) is 35.0 Å². The molecule has 0 fully saturated rings. The highest BCUT2D eigenvalue weighted by atomic mass is 32.1. The van der Waals surface area contributed by atoms with Gasteiger partial charge >= 0.3 is 5.97 Å². The Morgan fingerprint density at radius 2 is 1.62 bits per heavy atom. The van der Waals surface area contributed by atoms with Crippen molar-refractivity contribution in [2.24, 2.45) is 0 Å². The summed E-state index contributed by atoms with van der Waals surface area (Å²) < 4.78 is 12.2. The quantitative estimate of drug-likeness (QED) is 0.324. The molecular weight excluding hydrogens is 408 g/mol. The van der Waals surface area contributed by atoms with Crippen LogP contribution in [-0.2, 0) is 9.47 Å². The molecule has 1 unspecified atom stereocenters. The highest BCUT2D eigenvalue weighted by Gasteiger charge is 2.20. The summed E-state index contributed by atoms with van der Waals surface area (Å²) in [5, 5.41) is 13.9. The van der Waals surface area contributed by atoms with Crippen molar-refractivity contribution in [3.63, 3.8) is 0 Å². The molecule has 0 aliphatic rings. The Morgan fingerprint density at radius 3 is 2.27 bits per heavy atom. The third kappa shape index (κ3) is 3.02. The van der Waals surface area contributed by atoms with Crippen LogP contribution in [-0.4, -0.2) is 25.3 Å². The second-order valence-electron chi connectivity index (χ2n) is 5.39. The minimum Gasteiger partial charge on any atom is -0.465 e. The van der Waals surface area contributed by atoms with Crippen LogP contribution < -0.4 is 0 Å². The van der Waals surface area contributed by atoms with Crippen LogP contribution in [0.2, 0.25) is 0 Å². The summed E-state index contributed by atoms with van der Waals surface area (Å²) in [4.78, 5) is 15.5. The molecular formula is C18H14O4S4. The van der Waals surface area contributed by atoms with E-state index >= 15 is 0 Å². The van der Waals surface area contributed by atoms with E-state index in [1.165, 1.54) is 36.9 Å². The molecule has 1 atom stereocenters. The predicted octanol–water partition coefficient (Wildman–Crippen LogP) is 5.84. The number of fused-ring (bicyclic) bond motifs is 1.